The molecule has 3 nitrogen and oxygen atoms in total. The Bertz CT molecular complexity index is 1360. The van der Waals surface area contributed by atoms with Crippen LogP contribution in [0.25, 0.3) is 5.57 Å². The second-order valence-electron chi connectivity index (χ2n) is 10.7. The van der Waals surface area contributed by atoms with Crippen LogP contribution in [0.5, 0.6) is 5.75 Å². The maximum absolute atomic E-state index is 14.3. The number of carbonyl (C=O) groups excluding carboxylic acids is 1. The molecule has 39 heavy (non-hydrogen) atoms. The number of aromatic hydroxyl groups is 1. The van der Waals surface area contributed by atoms with Crippen LogP contribution in [0.1, 0.15) is 47.9 Å². The molecule has 4 unspecified atom stereocenters. The first-order chi connectivity index (χ1) is 19.1. The number of nitrogens with one attached hydrogen (secondary N) is 1. The molecule has 4 aromatic rings. The van der Waals surface area contributed by atoms with Crippen LogP contribution >= 0.6 is 0 Å². The second kappa shape index (κ2) is 12.6. The lowest BCUT2D eigenvalue weighted by Crippen LogP contribution is -2.37. The third-order valence-corrected chi connectivity index (χ3v) is 8.18. The highest BCUT2D eigenvalue weighted by Gasteiger charge is 2.41. The van der Waals surface area contributed by atoms with Crippen LogP contribution in [0.15, 0.2) is 121 Å². The molecule has 198 valence electrons. The van der Waals surface area contributed by atoms with Gasteiger partial charge in [0, 0.05) is 12.5 Å². The molecule has 0 heterocycles. The van der Waals surface area contributed by atoms with Crippen LogP contribution in [0.2, 0.25) is 0 Å². The smallest absolute Gasteiger partial charge is 0.228 e. The third kappa shape index (κ3) is 6.49. The van der Waals surface area contributed by atoms with Crippen LogP contribution in [-0.2, 0) is 17.8 Å². The molecular weight excluding hydrogens is 478 g/mol. The van der Waals surface area contributed by atoms with Crippen molar-refractivity contribution in [3.8, 4) is 5.75 Å². The fraction of sp³-hybridized carbons (Fsp3) is 0.250. The molecule has 4 atom stereocenters. The monoisotopic (exact) mass is 515 g/mol. The number of amides is 1. The Kier molecular flexibility index (Phi) is 8.58. The Morgan fingerprint density at radius 3 is 2.08 bits per heavy atom. The van der Waals surface area contributed by atoms with Gasteiger partial charge in [-0.3, -0.25) is 4.79 Å². The van der Waals surface area contributed by atoms with E-state index in [4.69, 9.17) is 0 Å². The Labute approximate surface area is 232 Å². The zero-order valence-corrected chi connectivity index (χ0v) is 22.5. The minimum absolute atomic E-state index is 0.0405. The van der Waals surface area contributed by atoms with E-state index in [0.29, 0.717) is 18.4 Å². The summed E-state index contributed by atoms with van der Waals surface area (Å²) in [6, 6.07) is 38.8. The van der Waals surface area contributed by atoms with Gasteiger partial charge < -0.3 is 10.4 Å². The molecule has 0 spiro atoms. The molecular formula is C36H37NO2. The first-order valence-corrected chi connectivity index (χ1v) is 14.0. The van der Waals surface area contributed by atoms with Gasteiger partial charge in [0.15, 0.2) is 0 Å². The molecule has 3 heteroatoms. The molecule has 0 fully saturated rings. The molecule has 4 aromatic carbocycles. The number of carbonyl (C=O) groups is 1. The lowest BCUT2D eigenvalue weighted by Gasteiger charge is -2.36. The van der Waals surface area contributed by atoms with Crippen molar-refractivity contribution < 1.29 is 9.90 Å². The van der Waals surface area contributed by atoms with Crippen molar-refractivity contribution in [1.82, 2.24) is 5.32 Å². The van der Waals surface area contributed by atoms with Gasteiger partial charge in [0.05, 0.1) is 5.92 Å². The normalized spacial score (nSPS) is 21.0. The predicted octanol–water partition coefficient (Wildman–Crippen LogP) is 7.78. The van der Waals surface area contributed by atoms with Gasteiger partial charge in [-0.25, -0.2) is 0 Å². The van der Waals surface area contributed by atoms with E-state index in [0.717, 1.165) is 36.0 Å². The summed E-state index contributed by atoms with van der Waals surface area (Å²) in [4.78, 5) is 14.3. The van der Waals surface area contributed by atoms with Gasteiger partial charge >= 0.3 is 0 Å². The number of hydrogen-bond donors (Lipinski definition) is 2. The lowest BCUT2D eigenvalue weighted by atomic mass is 9.68. The predicted molar refractivity (Wildman–Crippen MR) is 159 cm³/mol. The van der Waals surface area contributed by atoms with E-state index in [1.807, 2.05) is 18.2 Å². The topological polar surface area (TPSA) is 49.3 Å². The maximum atomic E-state index is 14.3. The molecule has 1 aliphatic carbocycles. The molecule has 0 saturated carbocycles. The summed E-state index contributed by atoms with van der Waals surface area (Å²) in [7, 11) is 0. The van der Waals surface area contributed by atoms with Crippen LogP contribution in [0.4, 0.5) is 0 Å². The second-order valence-corrected chi connectivity index (χ2v) is 10.7. The third-order valence-electron chi connectivity index (χ3n) is 8.18. The Morgan fingerprint density at radius 2 is 1.41 bits per heavy atom. The zero-order chi connectivity index (χ0) is 27.0. The van der Waals surface area contributed by atoms with Crippen molar-refractivity contribution in [2.45, 2.75) is 38.6 Å². The molecule has 0 aliphatic heterocycles. The van der Waals surface area contributed by atoms with E-state index < -0.39 is 0 Å². The van der Waals surface area contributed by atoms with Gasteiger partial charge in [-0.2, -0.15) is 0 Å². The Hall–Kier alpha value is -4.11. The number of phenolic OH excluding ortho intramolecular Hbond substituents is 1. The minimum atomic E-state index is -0.322. The van der Waals surface area contributed by atoms with Crippen molar-refractivity contribution in [3.63, 3.8) is 0 Å². The highest BCUT2D eigenvalue weighted by Crippen LogP contribution is 2.48. The molecule has 5 rings (SSSR count). The van der Waals surface area contributed by atoms with E-state index in [-0.39, 0.29) is 23.5 Å². The Balaban J connectivity index is 1.54. The molecule has 2 N–H and O–H groups in total. The minimum Gasteiger partial charge on any atom is -0.508 e. The summed E-state index contributed by atoms with van der Waals surface area (Å²) < 4.78 is 0. The highest BCUT2D eigenvalue weighted by atomic mass is 16.3. The quantitative estimate of drug-likeness (QED) is 0.252. The number of benzene rings is 4. The van der Waals surface area contributed by atoms with E-state index in [1.54, 1.807) is 12.1 Å². The zero-order valence-electron chi connectivity index (χ0n) is 22.5. The highest BCUT2D eigenvalue weighted by molar-refractivity contribution is 5.93. The van der Waals surface area contributed by atoms with Crippen LogP contribution in [-0.4, -0.2) is 11.0 Å². The largest absolute Gasteiger partial charge is 0.508 e. The SMILES string of the molecule is CC1CC=C(c2ccccc2)C(C(=O)NCc2ccc(O)cc2)C(c2ccccc2)C1CCc1ccccc1. The number of phenols is 1. The van der Waals surface area contributed by atoms with Crippen LogP contribution in [0.3, 0.4) is 0 Å². The lowest BCUT2D eigenvalue weighted by molar-refractivity contribution is -0.124. The van der Waals surface area contributed by atoms with E-state index in [1.165, 1.54) is 11.1 Å². The van der Waals surface area contributed by atoms with Crippen molar-refractivity contribution in [2.75, 3.05) is 0 Å². The van der Waals surface area contributed by atoms with E-state index in [9.17, 15) is 9.90 Å². The van der Waals surface area contributed by atoms with Crippen molar-refractivity contribution in [3.05, 3.63) is 144 Å². The van der Waals surface area contributed by atoms with Gasteiger partial charge in [0.2, 0.25) is 5.91 Å². The first kappa shape index (κ1) is 26.5. The molecule has 0 radical (unpaired) electrons. The van der Waals surface area contributed by atoms with Crippen LogP contribution < -0.4 is 5.32 Å². The van der Waals surface area contributed by atoms with Gasteiger partial charge in [0.1, 0.15) is 5.75 Å². The average molecular weight is 516 g/mol. The summed E-state index contributed by atoms with van der Waals surface area (Å²) >= 11 is 0. The molecule has 0 saturated heterocycles. The fourth-order valence-electron chi connectivity index (χ4n) is 6.11. The molecule has 0 aromatic heterocycles. The summed E-state index contributed by atoms with van der Waals surface area (Å²) in [6.07, 6.45) is 5.27. The Morgan fingerprint density at radius 1 is 0.795 bits per heavy atom. The van der Waals surface area contributed by atoms with Crippen molar-refractivity contribution in [1.29, 1.82) is 0 Å². The van der Waals surface area contributed by atoms with Gasteiger partial charge in [0.25, 0.3) is 0 Å². The summed E-state index contributed by atoms with van der Waals surface area (Å²) in [5.41, 5.74) is 5.74. The van der Waals surface area contributed by atoms with Gasteiger partial charge in [-0.15, -0.1) is 0 Å². The van der Waals surface area contributed by atoms with Crippen molar-refractivity contribution in [2.24, 2.45) is 17.8 Å². The summed E-state index contributed by atoms with van der Waals surface area (Å²) in [5.74, 6) is 0.742. The standard InChI is InChI=1S/C36H37NO2/c1-26-17-23-33(29-13-7-3-8-14-29)35(36(39)37-25-28-18-21-31(38)22-19-28)34(30-15-9-4-10-16-30)32(26)24-20-27-11-5-2-6-12-27/h2-16,18-19,21-23,26,32,34-35,38H,17,20,24-25H2,1H3,(H,37,39). The number of aryl methyl sites for hydroxylation is 1. The molecule has 0 bridgehead atoms. The maximum Gasteiger partial charge on any atom is 0.228 e. The van der Waals surface area contributed by atoms with Crippen LogP contribution in [0, 0.1) is 17.8 Å². The number of rotatable bonds is 8. The number of hydrogen-bond acceptors (Lipinski definition) is 2. The number of allylic oxidation sites excluding steroid dienone is 1. The summed E-state index contributed by atoms with van der Waals surface area (Å²) in [5, 5.41) is 12.9. The summed E-state index contributed by atoms with van der Waals surface area (Å²) in [6.45, 7) is 2.77. The fourth-order valence-corrected chi connectivity index (χ4v) is 6.11. The van der Waals surface area contributed by atoms with E-state index in [2.05, 4.69) is 103 Å². The average Bonchev–Trinajstić information content (AvgIpc) is 3.13. The molecule has 1 aliphatic rings. The van der Waals surface area contributed by atoms with Gasteiger partial charge in [-0.1, -0.05) is 116 Å². The van der Waals surface area contributed by atoms with Crippen molar-refractivity contribution >= 4 is 11.5 Å². The van der Waals surface area contributed by atoms with Gasteiger partial charge in [-0.05, 0) is 71.1 Å². The van der Waals surface area contributed by atoms with E-state index >= 15 is 0 Å². The molecule has 1 amide bonds. The first-order valence-electron chi connectivity index (χ1n) is 14.0.